The van der Waals surface area contributed by atoms with Gasteiger partial charge in [0.1, 0.15) is 0 Å². The molecule has 0 nitrogen and oxygen atoms in total. The smallest absolute Gasteiger partial charge is 0.0625 e. The molecule has 0 aliphatic carbocycles. The second-order valence-electron chi connectivity index (χ2n) is 5.11. The first-order valence-electron chi connectivity index (χ1n) is 6.43. The first-order chi connectivity index (χ1) is 8.97. The maximum absolute atomic E-state index is 6.57. The van der Waals surface area contributed by atoms with E-state index in [4.69, 9.17) is 11.6 Å². The first-order valence-corrected chi connectivity index (χ1v) is 7.66. The van der Waals surface area contributed by atoms with Crippen LogP contribution in [0.2, 0.25) is 0 Å². The zero-order valence-electron chi connectivity index (χ0n) is 11.5. The monoisotopic (exact) mass is 336 g/mol. The number of aryl methyl sites for hydroxylation is 3. The third kappa shape index (κ3) is 3.61. The van der Waals surface area contributed by atoms with Crippen molar-refractivity contribution in [3.8, 4) is 0 Å². The molecule has 0 aliphatic rings. The minimum absolute atomic E-state index is 0.0206. The van der Waals surface area contributed by atoms with Crippen LogP contribution in [0.25, 0.3) is 0 Å². The lowest BCUT2D eigenvalue weighted by atomic mass is 9.98. The van der Waals surface area contributed by atoms with Crippen molar-refractivity contribution < 1.29 is 0 Å². The molecule has 0 spiro atoms. The molecule has 1 unspecified atom stereocenters. The molecule has 2 aromatic carbocycles. The Morgan fingerprint density at radius 3 is 2.42 bits per heavy atom. The number of alkyl halides is 1. The molecular weight excluding hydrogens is 320 g/mol. The van der Waals surface area contributed by atoms with Gasteiger partial charge in [-0.25, -0.2) is 0 Å². The standard InChI is InChI=1S/C17H18BrCl/c1-11-4-5-12(2)15(8-11)10-17(19)14-6-7-16(18)13(3)9-14/h4-9,17H,10H2,1-3H3. The molecule has 0 heterocycles. The Morgan fingerprint density at radius 1 is 1.00 bits per heavy atom. The average Bonchev–Trinajstić information content (AvgIpc) is 2.37. The number of halogens is 2. The van der Waals surface area contributed by atoms with E-state index in [9.17, 15) is 0 Å². The Balaban J connectivity index is 2.22. The largest absolute Gasteiger partial charge is 0.117 e. The van der Waals surface area contributed by atoms with Gasteiger partial charge in [0.25, 0.3) is 0 Å². The zero-order valence-corrected chi connectivity index (χ0v) is 13.8. The van der Waals surface area contributed by atoms with Crippen LogP contribution in [0.3, 0.4) is 0 Å². The topological polar surface area (TPSA) is 0 Å². The van der Waals surface area contributed by atoms with Crippen molar-refractivity contribution in [2.24, 2.45) is 0 Å². The Bertz CT molecular complexity index is 590. The van der Waals surface area contributed by atoms with Gasteiger partial charge in [-0.2, -0.15) is 0 Å². The van der Waals surface area contributed by atoms with Gasteiger partial charge in [-0.15, -0.1) is 11.6 Å². The highest BCUT2D eigenvalue weighted by molar-refractivity contribution is 9.10. The fraction of sp³-hybridized carbons (Fsp3) is 0.294. The summed E-state index contributed by atoms with van der Waals surface area (Å²) in [5.41, 5.74) is 6.34. The molecule has 100 valence electrons. The Morgan fingerprint density at radius 2 is 1.74 bits per heavy atom. The Kier molecular flexibility index (Phi) is 4.70. The predicted octanol–water partition coefficient (Wildman–Crippen LogP) is 5.90. The van der Waals surface area contributed by atoms with Crippen molar-refractivity contribution in [1.29, 1.82) is 0 Å². The van der Waals surface area contributed by atoms with Crippen molar-refractivity contribution in [3.05, 3.63) is 68.7 Å². The summed E-state index contributed by atoms with van der Waals surface area (Å²) in [6.45, 7) is 6.36. The molecule has 2 aromatic rings. The van der Waals surface area contributed by atoms with Crippen LogP contribution in [0, 0.1) is 20.8 Å². The molecule has 0 radical (unpaired) electrons. The van der Waals surface area contributed by atoms with E-state index < -0.39 is 0 Å². The second kappa shape index (κ2) is 6.11. The number of rotatable bonds is 3. The lowest BCUT2D eigenvalue weighted by Gasteiger charge is -2.14. The number of hydrogen-bond donors (Lipinski definition) is 0. The molecule has 2 rings (SSSR count). The normalized spacial score (nSPS) is 12.5. The van der Waals surface area contributed by atoms with Gasteiger partial charge in [-0.05, 0) is 55.5 Å². The molecule has 0 saturated heterocycles. The van der Waals surface area contributed by atoms with E-state index in [1.165, 1.54) is 27.8 Å². The summed E-state index contributed by atoms with van der Waals surface area (Å²) >= 11 is 10.1. The molecule has 0 aromatic heterocycles. The molecule has 2 heteroatoms. The van der Waals surface area contributed by atoms with Crippen molar-refractivity contribution in [2.75, 3.05) is 0 Å². The van der Waals surface area contributed by atoms with Gasteiger partial charge in [0, 0.05) is 4.47 Å². The third-order valence-corrected chi connectivity index (χ3v) is 4.74. The Hall–Kier alpha value is -0.790. The summed E-state index contributed by atoms with van der Waals surface area (Å²) in [7, 11) is 0. The van der Waals surface area contributed by atoms with Crippen molar-refractivity contribution in [1.82, 2.24) is 0 Å². The van der Waals surface area contributed by atoms with Crippen molar-refractivity contribution in [2.45, 2.75) is 32.6 Å². The highest BCUT2D eigenvalue weighted by Crippen LogP contribution is 2.29. The van der Waals surface area contributed by atoms with Gasteiger partial charge < -0.3 is 0 Å². The minimum Gasteiger partial charge on any atom is -0.117 e. The molecule has 19 heavy (non-hydrogen) atoms. The van der Waals surface area contributed by atoms with Gasteiger partial charge >= 0.3 is 0 Å². The zero-order chi connectivity index (χ0) is 14.0. The van der Waals surface area contributed by atoms with Gasteiger partial charge in [0.15, 0.2) is 0 Å². The second-order valence-corrected chi connectivity index (χ2v) is 6.49. The van der Waals surface area contributed by atoms with Crippen LogP contribution in [-0.2, 0) is 6.42 Å². The molecule has 0 saturated carbocycles. The summed E-state index contributed by atoms with van der Waals surface area (Å²) in [5.74, 6) is 0. The van der Waals surface area contributed by atoms with Crippen LogP contribution in [0.1, 0.15) is 33.2 Å². The first kappa shape index (κ1) is 14.6. The lowest BCUT2D eigenvalue weighted by molar-refractivity contribution is 0.907. The van der Waals surface area contributed by atoms with Gasteiger partial charge in [-0.3, -0.25) is 0 Å². The van der Waals surface area contributed by atoms with Crippen LogP contribution >= 0.6 is 27.5 Å². The highest BCUT2D eigenvalue weighted by Gasteiger charge is 2.11. The summed E-state index contributed by atoms with van der Waals surface area (Å²) in [5, 5.41) is 0.0206. The molecule has 0 N–H and O–H groups in total. The van der Waals surface area contributed by atoms with Gasteiger partial charge in [0.05, 0.1) is 5.38 Å². The maximum Gasteiger partial charge on any atom is 0.0625 e. The quantitative estimate of drug-likeness (QED) is 0.612. The highest BCUT2D eigenvalue weighted by atomic mass is 79.9. The van der Waals surface area contributed by atoms with E-state index in [2.05, 4.69) is 73.1 Å². The summed E-state index contributed by atoms with van der Waals surface area (Å²) in [4.78, 5) is 0. The van der Waals surface area contributed by atoms with E-state index in [1.54, 1.807) is 0 Å². The molecular formula is C17H18BrCl. The van der Waals surface area contributed by atoms with E-state index in [0.29, 0.717) is 0 Å². The van der Waals surface area contributed by atoms with Crippen LogP contribution in [-0.4, -0.2) is 0 Å². The van der Waals surface area contributed by atoms with Crippen molar-refractivity contribution >= 4 is 27.5 Å². The summed E-state index contributed by atoms with van der Waals surface area (Å²) < 4.78 is 1.13. The third-order valence-electron chi connectivity index (χ3n) is 3.45. The van der Waals surface area contributed by atoms with E-state index in [1.807, 2.05) is 0 Å². The van der Waals surface area contributed by atoms with Crippen molar-refractivity contribution in [3.63, 3.8) is 0 Å². The van der Waals surface area contributed by atoms with E-state index in [0.717, 1.165) is 10.9 Å². The van der Waals surface area contributed by atoms with Gasteiger partial charge in [-0.1, -0.05) is 51.8 Å². The van der Waals surface area contributed by atoms with Gasteiger partial charge in [0.2, 0.25) is 0 Å². The van der Waals surface area contributed by atoms with E-state index in [-0.39, 0.29) is 5.38 Å². The van der Waals surface area contributed by atoms with Crippen LogP contribution in [0.5, 0.6) is 0 Å². The average molecular weight is 338 g/mol. The molecule has 1 atom stereocenters. The fourth-order valence-electron chi connectivity index (χ4n) is 2.19. The Labute approximate surface area is 128 Å². The number of benzene rings is 2. The molecule has 0 aliphatic heterocycles. The van der Waals surface area contributed by atoms with E-state index >= 15 is 0 Å². The predicted molar refractivity (Wildman–Crippen MR) is 87.1 cm³/mol. The lowest BCUT2D eigenvalue weighted by Crippen LogP contribution is -1.99. The molecule has 0 bridgehead atoms. The maximum atomic E-state index is 6.57. The van der Waals surface area contributed by atoms with Crippen LogP contribution in [0.15, 0.2) is 40.9 Å². The molecule has 0 amide bonds. The number of hydrogen-bond acceptors (Lipinski definition) is 0. The summed E-state index contributed by atoms with van der Waals surface area (Å²) in [6, 6.07) is 12.9. The SMILES string of the molecule is Cc1ccc(C)c(CC(Cl)c2ccc(Br)c(C)c2)c1. The minimum atomic E-state index is 0.0206. The van der Waals surface area contributed by atoms with Crippen LogP contribution < -0.4 is 0 Å². The van der Waals surface area contributed by atoms with Crippen LogP contribution in [0.4, 0.5) is 0 Å². The fourth-order valence-corrected chi connectivity index (χ4v) is 2.74. The molecule has 0 fully saturated rings. The summed E-state index contributed by atoms with van der Waals surface area (Å²) in [6.07, 6.45) is 0.871.